The number of carbonyl (C=O) groups excluding carboxylic acids is 1. The fourth-order valence-corrected chi connectivity index (χ4v) is 5.07. The van der Waals surface area contributed by atoms with Crippen LogP contribution in [0.4, 0.5) is 0 Å². The number of benzene rings is 2. The first-order chi connectivity index (χ1) is 15.9. The van der Waals surface area contributed by atoms with E-state index in [1.165, 1.54) is 23.0 Å². The molecule has 0 aliphatic carbocycles. The van der Waals surface area contributed by atoms with Crippen molar-refractivity contribution in [3.05, 3.63) is 101 Å². The summed E-state index contributed by atoms with van der Waals surface area (Å²) in [6.45, 7) is 2.06. The molecule has 3 aromatic rings. The Bertz CT molecular complexity index is 1420. The topological polar surface area (TPSA) is 69.9 Å². The lowest BCUT2D eigenvalue weighted by Crippen LogP contribution is -2.40. The molecule has 2 heterocycles. The molecular formula is C24H20Cl2N2O4S. The van der Waals surface area contributed by atoms with Crippen molar-refractivity contribution >= 4 is 46.6 Å². The minimum Gasteiger partial charge on any atom is -0.460 e. The van der Waals surface area contributed by atoms with Crippen molar-refractivity contribution in [2.75, 3.05) is 20.3 Å². The van der Waals surface area contributed by atoms with Gasteiger partial charge in [-0.05, 0) is 36.3 Å². The second-order valence-electron chi connectivity index (χ2n) is 7.25. The van der Waals surface area contributed by atoms with Crippen LogP contribution < -0.4 is 14.9 Å². The summed E-state index contributed by atoms with van der Waals surface area (Å²) in [5, 5.41) is 0.963. The highest BCUT2D eigenvalue weighted by Gasteiger charge is 2.34. The number of carbonyl (C=O) groups is 1. The summed E-state index contributed by atoms with van der Waals surface area (Å²) in [6.07, 6.45) is 1.73. The van der Waals surface area contributed by atoms with Crippen LogP contribution in [0.15, 0.2) is 69.6 Å². The summed E-state index contributed by atoms with van der Waals surface area (Å²) in [6, 6.07) is 13.6. The van der Waals surface area contributed by atoms with Gasteiger partial charge in [-0.3, -0.25) is 9.36 Å². The number of ether oxygens (including phenoxy) is 2. The Kier molecular flexibility index (Phi) is 7.14. The fraction of sp³-hybridized carbons (Fsp3) is 0.208. The molecule has 0 N–H and O–H groups in total. The van der Waals surface area contributed by atoms with Crippen LogP contribution in [0, 0.1) is 0 Å². The number of fused-ring (bicyclic) bond motifs is 1. The number of thiazole rings is 1. The summed E-state index contributed by atoms with van der Waals surface area (Å²) in [4.78, 5) is 31.7. The first-order valence-corrected chi connectivity index (χ1v) is 11.7. The van der Waals surface area contributed by atoms with E-state index in [2.05, 4.69) is 4.99 Å². The van der Waals surface area contributed by atoms with Gasteiger partial charge < -0.3 is 9.47 Å². The van der Waals surface area contributed by atoms with Crippen LogP contribution in [0.3, 0.4) is 0 Å². The summed E-state index contributed by atoms with van der Waals surface area (Å²) in [5.41, 5.74) is 1.76. The van der Waals surface area contributed by atoms with Gasteiger partial charge in [-0.15, -0.1) is 0 Å². The summed E-state index contributed by atoms with van der Waals surface area (Å²) in [7, 11) is 1.52. The van der Waals surface area contributed by atoms with Gasteiger partial charge in [0.25, 0.3) is 5.56 Å². The van der Waals surface area contributed by atoms with Gasteiger partial charge in [0.1, 0.15) is 12.6 Å². The molecule has 0 amide bonds. The van der Waals surface area contributed by atoms with Crippen LogP contribution >= 0.6 is 34.5 Å². The Hall–Kier alpha value is -2.71. The van der Waals surface area contributed by atoms with Crippen LogP contribution in [-0.2, 0) is 14.3 Å². The monoisotopic (exact) mass is 502 g/mol. The van der Waals surface area contributed by atoms with Gasteiger partial charge in [-0.1, -0.05) is 70.9 Å². The minimum absolute atomic E-state index is 0.0816. The largest absolute Gasteiger partial charge is 0.460 e. The maximum absolute atomic E-state index is 13.6. The summed E-state index contributed by atoms with van der Waals surface area (Å²) in [5.74, 6) is -0.571. The summed E-state index contributed by atoms with van der Waals surface area (Å²) < 4.78 is 12.3. The van der Waals surface area contributed by atoms with E-state index in [9.17, 15) is 9.59 Å². The third-order valence-corrected chi connectivity index (χ3v) is 6.83. The molecule has 170 valence electrons. The van der Waals surface area contributed by atoms with Crippen LogP contribution in [0.5, 0.6) is 0 Å². The first-order valence-electron chi connectivity index (χ1n) is 10.1. The molecule has 1 atom stereocenters. The second-order valence-corrected chi connectivity index (χ2v) is 9.08. The van der Waals surface area contributed by atoms with Gasteiger partial charge in [-0.25, -0.2) is 9.79 Å². The first kappa shape index (κ1) is 23.4. The smallest absolute Gasteiger partial charge is 0.338 e. The number of halogens is 2. The van der Waals surface area contributed by atoms with Crippen molar-refractivity contribution in [2.24, 2.45) is 4.99 Å². The van der Waals surface area contributed by atoms with Gasteiger partial charge in [0, 0.05) is 17.2 Å². The third-order valence-electron chi connectivity index (χ3n) is 5.15. The number of rotatable bonds is 6. The van der Waals surface area contributed by atoms with Gasteiger partial charge in [-0.2, -0.15) is 0 Å². The summed E-state index contributed by atoms with van der Waals surface area (Å²) >= 11 is 14.0. The standard InChI is InChI=1S/C24H20Cl2N2O4S/c1-14-20(23(30)32-12-11-31-2)21(16-8-4-6-10-18(16)26)28-22(29)19(33-24(28)27-14)13-15-7-3-5-9-17(15)25/h3-10,13,21H,11-12H2,1-2H3/b19-13-/t21-/m0/s1. The minimum atomic E-state index is -0.779. The lowest BCUT2D eigenvalue weighted by atomic mass is 9.96. The molecule has 0 unspecified atom stereocenters. The van der Waals surface area contributed by atoms with Crippen molar-refractivity contribution in [2.45, 2.75) is 13.0 Å². The molecule has 0 radical (unpaired) electrons. The van der Waals surface area contributed by atoms with Crippen LogP contribution in [-0.4, -0.2) is 30.9 Å². The van der Waals surface area contributed by atoms with E-state index in [1.807, 2.05) is 24.3 Å². The number of methoxy groups -OCH3 is 1. The van der Waals surface area contributed by atoms with Crippen molar-refractivity contribution in [1.82, 2.24) is 4.57 Å². The van der Waals surface area contributed by atoms with Crippen LogP contribution in [0.25, 0.3) is 6.08 Å². The Morgan fingerprint density at radius 1 is 1.12 bits per heavy atom. The highest BCUT2D eigenvalue weighted by Crippen LogP contribution is 2.34. The number of esters is 1. The highest BCUT2D eigenvalue weighted by atomic mass is 35.5. The molecule has 9 heteroatoms. The molecule has 0 spiro atoms. The maximum atomic E-state index is 13.6. The predicted octanol–water partition coefficient (Wildman–Crippen LogP) is 3.73. The van der Waals surface area contributed by atoms with E-state index >= 15 is 0 Å². The molecule has 1 aliphatic heterocycles. The van der Waals surface area contributed by atoms with Crippen LogP contribution in [0.1, 0.15) is 24.1 Å². The number of allylic oxidation sites excluding steroid dienone is 1. The average Bonchev–Trinajstić information content (AvgIpc) is 3.09. The van der Waals surface area contributed by atoms with Gasteiger partial charge >= 0.3 is 5.97 Å². The zero-order valence-electron chi connectivity index (χ0n) is 17.9. The lowest BCUT2D eigenvalue weighted by Gasteiger charge is -2.25. The number of nitrogens with zero attached hydrogens (tertiary/aromatic N) is 2. The molecule has 1 aliphatic rings. The van der Waals surface area contributed by atoms with E-state index in [0.29, 0.717) is 36.2 Å². The molecule has 0 fully saturated rings. The zero-order chi connectivity index (χ0) is 23.5. The SMILES string of the molecule is COCCOC(=O)C1=C(C)N=c2s/c(=C\c3ccccc3Cl)c(=O)n2[C@H]1c1ccccc1Cl. The van der Waals surface area contributed by atoms with E-state index in [1.54, 1.807) is 37.3 Å². The molecule has 2 aromatic carbocycles. The van der Waals surface area contributed by atoms with E-state index in [4.69, 9.17) is 32.7 Å². The molecule has 0 bridgehead atoms. The number of hydrogen-bond donors (Lipinski definition) is 0. The van der Waals surface area contributed by atoms with Gasteiger partial charge in [0.05, 0.1) is 22.4 Å². The molecular weight excluding hydrogens is 483 g/mol. The Balaban J connectivity index is 1.92. The Labute approximate surface area is 204 Å². The van der Waals surface area contributed by atoms with Crippen molar-refractivity contribution in [3.8, 4) is 0 Å². The number of aromatic nitrogens is 1. The Morgan fingerprint density at radius 2 is 1.82 bits per heavy atom. The molecule has 0 saturated heterocycles. The fourth-order valence-electron chi connectivity index (χ4n) is 3.60. The van der Waals surface area contributed by atoms with Crippen LogP contribution in [0.2, 0.25) is 10.0 Å². The quantitative estimate of drug-likeness (QED) is 0.380. The van der Waals surface area contributed by atoms with E-state index in [0.717, 1.165) is 0 Å². The van der Waals surface area contributed by atoms with Crippen molar-refractivity contribution in [1.29, 1.82) is 0 Å². The molecule has 33 heavy (non-hydrogen) atoms. The van der Waals surface area contributed by atoms with E-state index in [-0.39, 0.29) is 24.3 Å². The predicted molar refractivity (Wildman–Crippen MR) is 130 cm³/mol. The molecule has 6 nitrogen and oxygen atoms in total. The van der Waals surface area contributed by atoms with Gasteiger partial charge in [0.2, 0.25) is 0 Å². The molecule has 0 saturated carbocycles. The van der Waals surface area contributed by atoms with Crippen molar-refractivity contribution < 1.29 is 14.3 Å². The van der Waals surface area contributed by atoms with Gasteiger partial charge in [0.15, 0.2) is 4.80 Å². The zero-order valence-corrected chi connectivity index (χ0v) is 20.2. The lowest BCUT2D eigenvalue weighted by molar-refractivity contribution is -0.140. The van der Waals surface area contributed by atoms with E-state index < -0.39 is 12.0 Å². The Morgan fingerprint density at radius 3 is 2.52 bits per heavy atom. The maximum Gasteiger partial charge on any atom is 0.338 e. The molecule has 1 aromatic heterocycles. The normalized spacial score (nSPS) is 15.9. The molecule has 4 rings (SSSR count). The third kappa shape index (κ3) is 4.68. The number of hydrogen-bond acceptors (Lipinski definition) is 6. The van der Waals surface area contributed by atoms with Crippen molar-refractivity contribution in [3.63, 3.8) is 0 Å². The second kappa shape index (κ2) is 10.1. The highest BCUT2D eigenvalue weighted by molar-refractivity contribution is 7.07. The average molecular weight is 503 g/mol.